The number of nitrogens with one attached hydrogen (secondary N) is 1. The lowest BCUT2D eigenvalue weighted by Gasteiger charge is -2.17. The molecule has 0 saturated carbocycles. The summed E-state index contributed by atoms with van der Waals surface area (Å²) in [4.78, 5) is 31.1. The molecule has 0 unspecified atom stereocenters. The number of aromatic nitrogens is 4. The van der Waals surface area contributed by atoms with Crippen LogP contribution in [0.1, 0.15) is 61.1 Å². The number of carboxylic acid groups (broad SMARTS) is 1. The molecule has 57 heavy (non-hydrogen) atoms. The number of para-hydroxylation sites is 2. The number of carbonyl (C=O) groups is 2. The molecule has 0 fully saturated rings. The zero-order valence-electron chi connectivity index (χ0n) is 31.6. The summed E-state index contributed by atoms with van der Waals surface area (Å²) in [6, 6.07) is 27.9. The van der Waals surface area contributed by atoms with Crippen LogP contribution in [-0.4, -0.2) is 36.1 Å². The molecule has 4 N–H and O–H groups in total. The molecule has 6 aromatic rings. The van der Waals surface area contributed by atoms with Gasteiger partial charge in [0.25, 0.3) is 0 Å². The quantitative estimate of drug-likeness (QED) is 0.150. The predicted molar refractivity (Wildman–Crippen MR) is 206 cm³/mol. The van der Waals surface area contributed by atoms with E-state index in [1.54, 1.807) is 92.9 Å². The van der Waals surface area contributed by atoms with E-state index in [1.807, 2.05) is 6.07 Å². The first-order valence-electron chi connectivity index (χ1n) is 17.4. The Morgan fingerprint density at radius 1 is 0.737 bits per heavy atom. The van der Waals surface area contributed by atoms with Gasteiger partial charge in [-0.05, 0) is 75.2 Å². The summed E-state index contributed by atoms with van der Waals surface area (Å²) in [5, 5.41) is 47.5. The molecule has 6 rings (SSSR count). The number of aliphatic carboxylic acids is 1. The third-order valence-electron chi connectivity index (χ3n) is 8.83. The monoisotopic (exact) mass is 768 g/mol. The first-order chi connectivity index (χ1) is 27.1. The summed E-state index contributed by atoms with van der Waals surface area (Å²) in [6.45, 7) is 6.95. The number of halogens is 2. The van der Waals surface area contributed by atoms with Crippen molar-refractivity contribution in [3.63, 3.8) is 0 Å². The Bertz CT molecular complexity index is 2620. The molecule has 0 atom stereocenters. The minimum atomic E-state index is -0.956. The smallest absolute Gasteiger partial charge is 0.323 e. The highest BCUT2D eigenvalue weighted by molar-refractivity contribution is 5.85. The molecule has 0 aliphatic heterocycles. The second-order valence-electron chi connectivity index (χ2n) is 13.8. The van der Waals surface area contributed by atoms with Gasteiger partial charge < -0.3 is 25.3 Å². The van der Waals surface area contributed by atoms with Gasteiger partial charge in [-0.1, -0.05) is 36.4 Å². The van der Waals surface area contributed by atoms with Crippen LogP contribution in [-0.2, 0) is 46.6 Å². The Kier molecular flexibility index (Phi) is 13.5. The molecule has 0 spiro atoms. The van der Waals surface area contributed by atoms with E-state index >= 15 is 0 Å². The molecule has 2 heterocycles. The number of imidazole rings is 2. The van der Waals surface area contributed by atoms with Gasteiger partial charge in [-0.15, -0.1) is 0 Å². The number of amides is 1. The van der Waals surface area contributed by atoms with Gasteiger partial charge in [-0.3, -0.25) is 9.59 Å². The first kappa shape index (κ1) is 42.3. The molecule has 0 aliphatic carbocycles. The van der Waals surface area contributed by atoms with Crippen LogP contribution >= 0.6 is 0 Å². The summed E-state index contributed by atoms with van der Waals surface area (Å²) in [5.41, 5.74) is 9.06. The maximum Gasteiger partial charge on any atom is 0.323 e. The lowest BCUT2D eigenvalue weighted by atomic mass is 9.85. The van der Waals surface area contributed by atoms with Crippen LogP contribution in [0.15, 0.2) is 85.5 Å². The van der Waals surface area contributed by atoms with E-state index in [-0.39, 0.29) is 31.4 Å². The largest absolute Gasteiger partial charge is 0.480 e. The lowest BCUT2D eigenvalue weighted by molar-refractivity contribution is -0.137. The van der Waals surface area contributed by atoms with Gasteiger partial charge >= 0.3 is 5.97 Å². The van der Waals surface area contributed by atoms with Gasteiger partial charge in [0.15, 0.2) is 0 Å². The highest BCUT2D eigenvalue weighted by atomic mass is 19.1. The van der Waals surface area contributed by atoms with Crippen LogP contribution in [0.2, 0.25) is 0 Å². The average Bonchev–Trinajstić information content (AvgIpc) is 3.80. The molecule has 288 valence electrons. The highest BCUT2D eigenvalue weighted by Gasteiger charge is 2.24. The number of rotatable bonds is 9. The zero-order chi connectivity index (χ0) is 41.9. The van der Waals surface area contributed by atoms with Gasteiger partial charge in [-0.2, -0.15) is 21.0 Å². The molecule has 1 amide bonds. The van der Waals surface area contributed by atoms with Gasteiger partial charge in [0.2, 0.25) is 5.91 Å². The minimum Gasteiger partial charge on any atom is -0.480 e. The maximum absolute atomic E-state index is 14.3. The topological polar surface area (TPSA) is 223 Å². The summed E-state index contributed by atoms with van der Waals surface area (Å²) < 4.78 is 30.9. The lowest BCUT2D eigenvalue weighted by Crippen LogP contribution is -2.27. The molecule has 4 aromatic carbocycles. The number of benzene rings is 4. The average molecular weight is 769 g/mol. The normalized spacial score (nSPS) is 10.8. The van der Waals surface area contributed by atoms with Crippen LogP contribution in [0, 0.1) is 57.0 Å². The molecular weight excluding hydrogens is 731 g/mol. The fourth-order valence-corrected chi connectivity index (χ4v) is 5.72. The van der Waals surface area contributed by atoms with Crippen molar-refractivity contribution in [1.29, 1.82) is 21.0 Å². The van der Waals surface area contributed by atoms with Crippen LogP contribution in [0.3, 0.4) is 0 Å². The number of hydrogen-bond donors (Lipinski definition) is 3. The second-order valence-corrected chi connectivity index (χ2v) is 13.8. The summed E-state index contributed by atoms with van der Waals surface area (Å²) in [7, 11) is 0. The van der Waals surface area contributed by atoms with E-state index in [2.05, 4.69) is 33.5 Å². The van der Waals surface area contributed by atoms with Gasteiger partial charge in [-0.25, -0.2) is 18.7 Å². The molecule has 0 aliphatic rings. The summed E-state index contributed by atoms with van der Waals surface area (Å²) in [5.74, 6) is -2.08. The van der Waals surface area contributed by atoms with Crippen molar-refractivity contribution in [2.45, 2.75) is 64.7 Å². The molecule has 15 heteroatoms. The molecule has 0 radical (unpaired) electrons. The number of fused-ring (bicyclic) bond motifs is 2. The van der Waals surface area contributed by atoms with E-state index < -0.39 is 22.6 Å². The Morgan fingerprint density at radius 3 is 1.61 bits per heavy atom. The maximum atomic E-state index is 14.3. The van der Waals surface area contributed by atoms with E-state index in [0.717, 1.165) is 5.56 Å². The van der Waals surface area contributed by atoms with Crippen molar-refractivity contribution in [2.75, 3.05) is 0 Å². The number of carbonyl (C=O) groups excluding carboxylic acids is 1. The fourth-order valence-electron chi connectivity index (χ4n) is 5.72. The number of hydrogen-bond acceptors (Lipinski definition) is 9. The SMILES string of the molecule is CC(C)(C#N)c1ccc(CN)cc1F.CC(C)(C#N)c1ccc(CNC(=O)Cn2cnc3cccc(C#N)c32)cc1F.N#Cc1cccc2ncn(CC(=O)O)c12. The molecule has 0 saturated heterocycles. The number of nitrogens with two attached hydrogens (primary N) is 1. The molecule has 13 nitrogen and oxygen atoms in total. The minimum absolute atomic E-state index is 0.00276. The third kappa shape index (κ3) is 10.2. The molecule has 0 bridgehead atoms. The van der Waals surface area contributed by atoms with E-state index in [1.165, 1.54) is 29.4 Å². The van der Waals surface area contributed by atoms with Crippen molar-refractivity contribution in [3.8, 4) is 24.3 Å². The van der Waals surface area contributed by atoms with Gasteiger partial charge in [0, 0.05) is 24.2 Å². The van der Waals surface area contributed by atoms with E-state index in [0.29, 0.717) is 56.4 Å². The number of nitriles is 4. The molecule has 2 aromatic heterocycles. The van der Waals surface area contributed by atoms with Crippen LogP contribution in [0.5, 0.6) is 0 Å². The summed E-state index contributed by atoms with van der Waals surface area (Å²) >= 11 is 0. The predicted octanol–water partition coefficient (Wildman–Crippen LogP) is 6.24. The zero-order valence-corrected chi connectivity index (χ0v) is 31.6. The van der Waals surface area contributed by atoms with Crippen LogP contribution < -0.4 is 11.1 Å². The number of nitrogens with zero attached hydrogens (tertiary/aromatic N) is 8. The third-order valence-corrected chi connectivity index (χ3v) is 8.83. The Labute approximate surface area is 327 Å². The van der Waals surface area contributed by atoms with Gasteiger partial charge in [0.1, 0.15) is 36.9 Å². The van der Waals surface area contributed by atoms with Crippen LogP contribution in [0.25, 0.3) is 22.1 Å². The van der Waals surface area contributed by atoms with Crippen molar-refractivity contribution in [3.05, 3.63) is 130 Å². The van der Waals surface area contributed by atoms with Crippen molar-refractivity contribution >= 4 is 33.9 Å². The fraction of sp³-hybridized carbons (Fsp3) is 0.238. The summed E-state index contributed by atoms with van der Waals surface area (Å²) in [6.07, 6.45) is 2.95. The Hall–Kier alpha value is -7.46. The van der Waals surface area contributed by atoms with E-state index in [4.69, 9.17) is 26.6 Å². The first-order valence-corrected chi connectivity index (χ1v) is 17.4. The second kappa shape index (κ2) is 18.2. The van der Waals surface area contributed by atoms with Crippen LogP contribution in [0.4, 0.5) is 8.78 Å². The van der Waals surface area contributed by atoms with Crippen molar-refractivity contribution in [1.82, 2.24) is 24.4 Å². The Morgan fingerprint density at radius 2 is 1.19 bits per heavy atom. The highest BCUT2D eigenvalue weighted by Crippen LogP contribution is 2.27. The molecular formula is C42H38F2N10O3. The standard InChI is InChI=1S/C21H18FN5O.C11H13FN2.C10H7N3O2/c1-21(2,12-24)16-7-6-14(8-17(16)22)10-25-19(28)11-27-13-26-18-5-3-4-15(9-23)20(18)27;1-11(2,7-14)9-4-3-8(6-13)5-10(9)12;11-4-7-2-1-3-8-10(7)13(6-12-8)5-9(14)15/h3-8,13H,10-11H2,1-2H3,(H,25,28);3-5H,6,13H2,1-2H3;1-3,6H,5H2,(H,14,15). The number of carboxylic acids is 1. The van der Waals surface area contributed by atoms with Crippen molar-refractivity contribution in [2.24, 2.45) is 5.73 Å². The van der Waals surface area contributed by atoms with Gasteiger partial charge in [0.05, 0.1) is 68.8 Å². The van der Waals surface area contributed by atoms with E-state index in [9.17, 15) is 23.6 Å². The van der Waals surface area contributed by atoms with Crippen molar-refractivity contribution < 1.29 is 23.5 Å². The Balaban J connectivity index is 0.000000209.